The second kappa shape index (κ2) is 9.91. The molecule has 0 fully saturated rings. The quantitative estimate of drug-likeness (QED) is 0.400. The number of allylic oxidation sites excluding steroid dienone is 1. The highest BCUT2D eigenvalue weighted by Gasteiger charge is 2.34. The number of methoxy groups -OCH3 is 1. The predicted molar refractivity (Wildman–Crippen MR) is 136 cm³/mol. The fraction of sp³-hybridized carbons (Fsp3) is 0.185. The minimum Gasteiger partial charge on any atom is -0.493 e. The molecule has 2 N–H and O–H groups in total. The summed E-state index contributed by atoms with van der Waals surface area (Å²) in [5.41, 5.74) is 4.70. The second-order valence-corrected chi connectivity index (χ2v) is 8.47. The molecule has 1 atom stereocenters. The standard InChI is InChI=1S/C27H26N6O3/c1-17-9-7-8-12-21(17)29-26(34)24-18(2)28-27-30-31-32-33(27)25(24)20-13-14-22(23(15-20)35-3)36-16-19-10-5-4-6-11-19/h4-15,25H,16H2,1-3H3,(H,29,34)(H,28,30,32)/t25-/m0/s1. The first-order chi connectivity index (χ1) is 17.5. The van der Waals surface area contributed by atoms with Gasteiger partial charge in [0.25, 0.3) is 5.91 Å². The number of rotatable bonds is 7. The molecule has 0 spiro atoms. The third-order valence-corrected chi connectivity index (χ3v) is 6.09. The van der Waals surface area contributed by atoms with E-state index >= 15 is 0 Å². The van der Waals surface area contributed by atoms with Gasteiger partial charge < -0.3 is 20.1 Å². The van der Waals surface area contributed by atoms with Gasteiger partial charge in [0.15, 0.2) is 11.5 Å². The van der Waals surface area contributed by atoms with Crippen LogP contribution in [0.4, 0.5) is 11.6 Å². The van der Waals surface area contributed by atoms with Gasteiger partial charge in [-0.1, -0.05) is 59.7 Å². The number of para-hydroxylation sites is 1. The van der Waals surface area contributed by atoms with Gasteiger partial charge in [0.2, 0.25) is 5.95 Å². The fourth-order valence-corrected chi connectivity index (χ4v) is 4.23. The van der Waals surface area contributed by atoms with E-state index in [9.17, 15) is 4.79 Å². The summed E-state index contributed by atoms with van der Waals surface area (Å²) in [6.07, 6.45) is 0. The average molecular weight is 483 g/mol. The lowest BCUT2D eigenvalue weighted by molar-refractivity contribution is -0.113. The van der Waals surface area contributed by atoms with Crippen LogP contribution in [0.25, 0.3) is 0 Å². The van der Waals surface area contributed by atoms with E-state index in [0.717, 1.165) is 22.4 Å². The molecular formula is C27H26N6O3. The highest BCUT2D eigenvalue weighted by molar-refractivity contribution is 6.06. The maximum Gasteiger partial charge on any atom is 0.255 e. The van der Waals surface area contributed by atoms with Crippen molar-refractivity contribution in [2.45, 2.75) is 26.5 Å². The molecule has 9 nitrogen and oxygen atoms in total. The third kappa shape index (κ3) is 4.50. The van der Waals surface area contributed by atoms with E-state index in [-0.39, 0.29) is 5.91 Å². The van der Waals surface area contributed by atoms with Gasteiger partial charge >= 0.3 is 0 Å². The van der Waals surface area contributed by atoms with Gasteiger partial charge in [-0.25, -0.2) is 0 Å². The smallest absolute Gasteiger partial charge is 0.255 e. The van der Waals surface area contributed by atoms with Crippen molar-refractivity contribution in [3.63, 3.8) is 0 Å². The summed E-state index contributed by atoms with van der Waals surface area (Å²) in [4.78, 5) is 13.6. The zero-order chi connectivity index (χ0) is 25.1. The molecule has 1 amide bonds. The summed E-state index contributed by atoms with van der Waals surface area (Å²) in [6, 6.07) is 22.6. The fourth-order valence-electron chi connectivity index (χ4n) is 4.23. The molecule has 1 aliphatic rings. The van der Waals surface area contributed by atoms with Gasteiger partial charge in [0.1, 0.15) is 12.6 Å². The Hall–Kier alpha value is -4.66. The van der Waals surface area contributed by atoms with Crippen LogP contribution in [0, 0.1) is 6.92 Å². The van der Waals surface area contributed by atoms with Crippen molar-refractivity contribution in [1.29, 1.82) is 0 Å². The van der Waals surface area contributed by atoms with Crippen molar-refractivity contribution in [2.75, 3.05) is 17.7 Å². The summed E-state index contributed by atoms with van der Waals surface area (Å²) in [7, 11) is 1.59. The first-order valence-corrected chi connectivity index (χ1v) is 11.5. The SMILES string of the molecule is COc1cc([C@H]2C(C(=O)Nc3ccccc3C)=C(C)Nc3nnnn32)ccc1OCc1ccccc1. The van der Waals surface area contributed by atoms with E-state index in [1.165, 1.54) is 0 Å². The summed E-state index contributed by atoms with van der Waals surface area (Å²) in [5.74, 6) is 1.35. The molecule has 0 saturated heterocycles. The van der Waals surface area contributed by atoms with Crippen LogP contribution < -0.4 is 20.1 Å². The maximum atomic E-state index is 13.6. The molecule has 3 aromatic carbocycles. The highest BCUT2D eigenvalue weighted by Crippen LogP contribution is 2.39. The van der Waals surface area contributed by atoms with E-state index in [2.05, 4.69) is 26.2 Å². The van der Waals surface area contributed by atoms with Gasteiger partial charge in [-0.15, -0.1) is 0 Å². The van der Waals surface area contributed by atoms with Crippen molar-refractivity contribution >= 4 is 17.5 Å². The van der Waals surface area contributed by atoms with Crippen LogP contribution in [-0.2, 0) is 11.4 Å². The molecule has 1 aliphatic heterocycles. The molecule has 0 radical (unpaired) electrons. The number of aryl methyl sites for hydroxylation is 1. The van der Waals surface area contributed by atoms with Crippen LogP contribution in [0.3, 0.4) is 0 Å². The largest absolute Gasteiger partial charge is 0.493 e. The van der Waals surface area contributed by atoms with Gasteiger partial charge in [-0.05, 0) is 59.2 Å². The molecule has 4 aromatic rings. The molecule has 182 valence electrons. The van der Waals surface area contributed by atoms with Gasteiger partial charge in [-0.3, -0.25) is 4.79 Å². The number of carbonyl (C=O) groups is 1. The van der Waals surface area contributed by atoms with E-state index in [0.29, 0.717) is 35.3 Å². The van der Waals surface area contributed by atoms with Crippen molar-refractivity contribution < 1.29 is 14.3 Å². The lowest BCUT2D eigenvalue weighted by atomic mass is 9.94. The zero-order valence-corrected chi connectivity index (χ0v) is 20.2. The number of hydrogen-bond donors (Lipinski definition) is 2. The minimum atomic E-state index is -0.572. The number of nitrogens with zero attached hydrogens (tertiary/aromatic N) is 4. The Morgan fingerprint density at radius 3 is 2.58 bits per heavy atom. The summed E-state index contributed by atoms with van der Waals surface area (Å²) in [6.45, 7) is 4.20. The van der Waals surface area contributed by atoms with Crippen LogP contribution in [0.5, 0.6) is 11.5 Å². The van der Waals surface area contributed by atoms with E-state index in [1.54, 1.807) is 11.8 Å². The lowest BCUT2D eigenvalue weighted by Gasteiger charge is -2.28. The number of nitrogens with one attached hydrogen (secondary N) is 2. The maximum absolute atomic E-state index is 13.6. The van der Waals surface area contributed by atoms with Crippen LogP contribution in [0.2, 0.25) is 0 Å². The van der Waals surface area contributed by atoms with Crippen molar-refractivity contribution in [2.24, 2.45) is 0 Å². The Morgan fingerprint density at radius 1 is 1.03 bits per heavy atom. The van der Waals surface area contributed by atoms with Gasteiger partial charge in [0, 0.05) is 11.4 Å². The van der Waals surface area contributed by atoms with Gasteiger partial charge in [-0.2, -0.15) is 4.68 Å². The lowest BCUT2D eigenvalue weighted by Crippen LogP contribution is -2.31. The molecule has 0 unspecified atom stereocenters. The van der Waals surface area contributed by atoms with E-state index in [1.807, 2.05) is 86.6 Å². The topological polar surface area (TPSA) is 103 Å². The monoisotopic (exact) mass is 482 g/mol. The van der Waals surface area contributed by atoms with Crippen LogP contribution in [-0.4, -0.2) is 33.2 Å². The Bertz CT molecular complexity index is 1430. The number of fused-ring (bicyclic) bond motifs is 1. The number of amides is 1. The Morgan fingerprint density at radius 2 is 1.81 bits per heavy atom. The number of benzene rings is 3. The molecule has 1 aromatic heterocycles. The molecule has 2 heterocycles. The predicted octanol–water partition coefficient (Wildman–Crippen LogP) is 4.50. The highest BCUT2D eigenvalue weighted by atomic mass is 16.5. The molecule has 36 heavy (non-hydrogen) atoms. The minimum absolute atomic E-state index is 0.246. The average Bonchev–Trinajstić information content (AvgIpc) is 3.36. The Kier molecular flexibility index (Phi) is 6.36. The molecule has 5 rings (SSSR count). The number of carbonyl (C=O) groups excluding carboxylic acids is 1. The van der Waals surface area contributed by atoms with Crippen LogP contribution in [0.1, 0.15) is 29.7 Å². The van der Waals surface area contributed by atoms with Crippen molar-refractivity contribution in [3.05, 3.63) is 101 Å². The second-order valence-electron chi connectivity index (χ2n) is 8.47. The molecular weight excluding hydrogens is 456 g/mol. The summed E-state index contributed by atoms with van der Waals surface area (Å²) in [5, 5.41) is 18.2. The summed E-state index contributed by atoms with van der Waals surface area (Å²) >= 11 is 0. The summed E-state index contributed by atoms with van der Waals surface area (Å²) < 4.78 is 13.3. The number of ether oxygens (including phenoxy) is 2. The third-order valence-electron chi connectivity index (χ3n) is 6.09. The zero-order valence-electron chi connectivity index (χ0n) is 20.2. The van der Waals surface area contributed by atoms with E-state index in [4.69, 9.17) is 9.47 Å². The number of aromatic nitrogens is 4. The van der Waals surface area contributed by atoms with E-state index < -0.39 is 6.04 Å². The normalized spacial score (nSPS) is 14.6. The Balaban J connectivity index is 1.49. The number of tetrazole rings is 1. The molecule has 9 heteroatoms. The molecule has 0 saturated carbocycles. The molecule has 0 aliphatic carbocycles. The van der Waals surface area contributed by atoms with Crippen LogP contribution >= 0.6 is 0 Å². The van der Waals surface area contributed by atoms with Gasteiger partial charge in [0.05, 0.1) is 12.7 Å². The van der Waals surface area contributed by atoms with Crippen molar-refractivity contribution in [1.82, 2.24) is 20.2 Å². The molecule has 0 bridgehead atoms. The number of anilines is 2. The van der Waals surface area contributed by atoms with Crippen molar-refractivity contribution in [3.8, 4) is 11.5 Å². The van der Waals surface area contributed by atoms with Crippen LogP contribution in [0.15, 0.2) is 84.1 Å². The Labute approximate surface area is 208 Å². The number of hydrogen-bond acceptors (Lipinski definition) is 7. The first-order valence-electron chi connectivity index (χ1n) is 11.5. The first kappa shape index (κ1) is 23.1.